The fourth-order valence-corrected chi connectivity index (χ4v) is 2.28. The average molecular weight is 300 g/mol. The Morgan fingerprint density at radius 3 is 2.68 bits per heavy atom. The number of benzene rings is 1. The number of rotatable bonds is 3. The predicted octanol–water partition coefficient (Wildman–Crippen LogP) is 3.21. The third-order valence-corrected chi connectivity index (χ3v) is 4.04. The molecule has 0 saturated heterocycles. The highest BCUT2D eigenvalue weighted by atomic mass is 35.5. The van der Waals surface area contributed by atoms with Crippen molar-refractivity contribution in [3.8, 4) is 0 Å². The minimum Gasteiger partial charge on any atom is -0.356 e. The summed E-state index contributed by atoms with van der Waals surface area (Å²) in [4.78, 5) is 4.39. The van der Waals surface area contributed by atoms with E-state index in [1.807, 2.05) is 18.2 Å². The number of halogens is 2. The van der Waals surface area contributed by atoms with Crippen molar-refractivity contribution in [3.05, 3.63) is 33.8 Å². The summed E-state index contributed by atoms with van der Waals surface area (Å²) >= 11 is 12.0. The maximum atomic E-state index is 6.08. The minimum absolute atomic E-state index is 0.0513. The first-order chi connectivity index (χ1) is 8.88. The van der Waals surface area contributed by atoms with Gasteiger partial charge in [-0.25, -0.2) is 0 Å². The molecule has 1 aromatic carbocycles. The summed E-state index contributed by atoms with van der Waals surface area (Å²) in [6.45, 7) is 8.05. The van der Waals surface area contributed by atoms with Crippen LogP contribution in [0, 0.1) is 0 Å². The van der Waals surface area contributed by atoms with Gasteiger partial charge in [0.05, 0.1) is 16.6 Å². The third kappa shape index (κ3) is 3.54. The molecule has 0 bridgehead atoms. The van der Waals surface area contributed by atoms with Crippen molar-refractivity contribution < 1.29 is 0 Å². The van der Waals surface area contributed by atoms with Gasteiger partial charge in [-0.1, -0.05) is 43.1 Å². The second-order valence-corrected chi connectivity index (χ2v) is 6.42. The van der Waals surface area contributed by atoms with Gasteiger partial charge in [0.2, 0.25) is 0 Å². The summed E-state index contributed by atoms with van der Waals surface area (Å²) in [5.41, 5.74) is 1.10. The molecular weight excluding hydrogens is 281 g/mol. The van der Waals surface area contributed by atoms with E-state index in [1.54, 1.807) is 0 Å². The molecule has 1 unspecified atom stereocenters. The van der Waals surface area contributed by atoms with Gasteiger partial charge in [-0.05, 0) is 24.6 Å². The van der Waals surface area contributed by atoms with Gasteiger partial charge in [0.1, 0.15) is 0 Å². The fraction of sp³-hybridized carbons (Fsp3) is 0.500. The van der Waals surface area contributed by atoms with Crippen molar-refractivity contribution in [1.29, 1.82) is 0 Å². The Hall–Kier alpha value is -0.930. The largest absolute Gasteiger partial charge is 0.356 e. The van der Waals surface area contributed by atoms with Crippen molar-refractivity contribution in [2.45, 2.75) is 32.2 Å². The molecular formula is C14H19Cl2N3. The first-order valence-electron chi connectivity index (χ1n) is 6.39. The van der Waals surface area contributed by atoms with Crippen LogP contribution < -0.4 is 10.6 Å². The predicted molar refractivity (Wildman–Crippen MR) is 82.4 cm³/mol. The van der Waals surface area contributed by atoms with E-state index in [0.717, 1.165) is 24.6 Å². The number of hydrogen-bond donors (Lipinski definition) is 2. The molecule has 0 spiro atoms. The second kappa shape index (κ2) is 5.59. The zero-order valence-corrected chi connectivity index (χ0v) is 12.9. The Kier molecular flexibility index (Phi) is 4.26. The number of nitrogens with zero attached hydrogens (tertiary/aromatic N) is 1. The molecule has 0 fully saturated rings. The van der Waals surface area contributed by atoms with Crippen molar-refractivity contribution in [1.82, 2.24) is 10.6 Å². The third-order valence-electron chi connectivity index (χ3n) is 3.31. The van der Waals surface area contributed by atoms with Crippen LogP contribution in [0.3, 0.4) is 0 Å². The monoisotopic (exact) mass is 299 g/mol. The van der Waals surface area contributed by atoms with E-state index in [1.165, 1.54) is 0 Å². The summed E-state index contributed by atoms with van der Waals surface area (Å²) in [6.07, 6.45) is 0. The normalized spacial score (nSPS) is 19.0. The fourth-order valence-electron chi connectivity index (χ4n) is 1.98. The lowest BCUT2D eigenvalue weighted by atomic mass is 9.84. The average Bonchev–Trinajstić information content (AvgIpc) is 2.76. The molecule has 0 aromatic heterocycles. The van der Waals surface area contributed by atoms with Crippen LogP contribution in [-0.2, 0) is 5.41 Å². The van der Waals surface area contributed by atoms with E-state index in [4.69, 9.17) is 23.2 Å². The van der Waals surface area contributed by atoms with E-state index in [-0.39, 0.29) is 5.41 Å². The smallest absolute Gasteiger partial charge is 0.191 e. The van der Waals surface area contributed by atoms with Gasteiger partial charge in [0, 0.05) is 18.0 Å². The highest BCUT2D eigenvalue weighted by molar-refractivity contribution is 6.42. The Balaban J connectivity index is 2.03. The molecule has 104 valence electrons. The number of nitrogens with one attached hydrogen (secondary N) is 2. The Morgan fingerprint density at radius 2 is 2.11 bits per heavy atom. The van der Waals surface area contributed by atoms with Crippen LogP contribution in [0.15, 0.2) is 23.2 Å². The van der Waals surface area contributed by atoms with Crippen LogP contribution in [0.1, 0.15) is 26.3 Å². The molecule has 1 heterocycles. The van der Waals surface area contributed by atoms with Crippen molar-refractivity contribution in [3.63, 3.8) is 0 Å². The maximum absolute atomic E-state index is 6.08. The SMILES string of the molecule is CC1CN=C(NCC(C)(C)c2ccc(Cl)c(Cl)c2)N1. The molecule has 1 aromatic rings. The molecule has 19 heavy (non-hydrogen) atoms. The molecule has 0 radical (unpaired) electrons. The van der Waals surface area contributed by atoms with Crippen LogP contribution >= 0.6 is 23.2 Å². The molecule has 1 aliphatic heterocycles. The van der Waals surface area contributed by atoms with E-state index < -0.39 is 0 Å². The lowest BCUT2D eigenvalue weighted by Gasteiger charge is -2.26. The summed E-state index contributed by atoms with van der Waals surface area (Å²) in [5.74, 6) is 0.876. The first-order valence-corrected chi connectivity index (χ1v) is 7.14. The van der Waals surface area contributed by atoms with E-state index in [9.17, 15) is 0 Å². The Bertz CT molecular complexity index is 497. The van der Waals surface area contributed by atoms with Gasteiger partial charge in [-0.15, -0.1) is 0 Å². The molecule has 0 aliphatic carbocycles. The van der Waals surface area contributed by atoms with Crippen molar-refractivity contribution >= 4 is 29.2 Å². The first kappa shape index (κ1) is 14.5. The standard InChI is InChI=1S/C14H19Cl2N3/c1-9-7-17-13(19-9)18-8-14(2,3)10-4-5-11(15)12(16)6-10/h4-6,9H,7-8H2,1-3H3,(H2,17,18,19). The highest BCUT2D eigenvalue weighted by Crippen LogP contribution is 2.29. The van der Waals surface area contributed by atoms with Crippen LogP contribution in [0.5, 0.6) is 0 Å². The van der Waals surface area contributed by atoms with Gasteiger partial charge in [0.25, 0.3) is 0 Å². The minimum atomic E-state index is -0.0513. The van der Waals surface area contributed by atoms with Gasteiger partial charge >= 0.3 is 0 Å². The van der Waals surface area contributed by atoms with Crippen LogP contribution in [-0.4, -0.2) is 25.1 Å². The quantitative estimate of drug-likeness (QED) is 0.899. The molecule has 2 N–H and O–H groups in total. The Labute approximate surface area is 124 Å². The van der Waals surface area contributed by atoms with E-state index in [2.05, 4.69) is 36.4 Å². The summed E-state index contributed by atoms with van der Waals surface area (Å²) < 4.78 is 0. The molecule has 2 rings (SSSR count). The lowest BCUT2D eigenvalue weighted by molar-refractivity contribution is 0.509. The number of hydrogen-bond acceptors (Lipinski definition) is 3. The van der Waals surface area contributed by atoms with Gasteiger partial charge in [0.15, 0.2) is 5.96 Å². The summed E-state index contributed by atoms with van der Waals surface area (Å²) in [5, 5.41) is 7.82. The zero-order valence-electron chi connectivity index (χ0n) is 11.4. The van der Waals surface area contributed by atoms with E-state index in [0.29, 0.717) is 16.1 Å². The second-order valence-electron chi connectivity index (χ2n) is 5.60. The van der Waals surface area contributed by atoms with Gasteiger partial charge < -0.3 is 10.6 Å². The van der Waals surface area contributed by atoms with Crippen LogP contribution in [0.2, 0.25) is 10.0 Å². The highest BCUT2D eigenvalue weighted by Gasteiger charge is 2.23. The molecule has 0 saturated carbocycles. The topological polar surface area (TPSA) is 36.4 Å². The maximum Gasteiger partial charge on any atom is 0.191 e. The molecule has 1 atom stereocenters. The number of aliphatic imine (C=N–C) groups is 1. The van der Waals surface area contributed by atoms with Crippen molar-refractivity contribution in [2.75, 3.05) is 13.1 Å². The van der Waals surface area contributed by atoms with Crippen molar-refractivity contribution in [2.24, 2.45) is 4.99 Å². The Morgan fingerprint density at radius 1 is 1.37 bits per heavy atom. The molecule has 1 aliphatic rings. The van der Waals surface area contributed by atoms with Gasteiger partial charge in [-0.2, -0.15) is 0 Å². The molecule has 3 nitrogen and oxygen atoms in total. The molecule has 0 amide bonds. The van der Waals surface area contributed by atoms with Crippen LogP contribution in [0.4, 0.5) is 0 Å². The van der Waals surface area contributed by atoms with Gasteiger partial charge in [-0.3, -0.25) is 4.99 Å². The number of guanidine groups is 1. The van der Waals surface area contributed by atoms with Crippen LogP contribution in [0.25, 0.3) is 0 Å². The summed E-state index contributed by atoms with van der Waals surface area (Å²) in [6, 6.07) is 6.20. The van der Waals surface area contributed by atoms with E-state index >= 15 is 0 Å². The lowest BCUT2D eigenvalue weighted by Crippen LogP contribution is -2.43. The summed E-state index contributed by atoms with van der Waals surface area (Å²) in [7, 11) is 0. The molecule has 5 heteroatoms. The zero-order chi connectivity index (χ0) is 14.0.